The number of fused-ring (bicyclic) bond motifs is 5. The third kappa shape index (κ3) is 1.17. The van der Waals surface area contributed by atoms with Crippen molar-refractivity contribution in [3.63, 3.8) is 0 Å². The van der Waals surface area contributed by atoms with Crippen LogP contribution in [0.1, 0.15) is 11.3 Å². The van der Waals surface area contributed by atoms with Crippen LogP contribution < -0.4 is 0 Å². The Morgan fingerprint density at radius 1 is 1.29 bits per heavy atom. The molecular formula is C13H8ClN3. The lowest BCUT2D eigenvalue weighted by molar-refractivity contribution is 1.03. The van der Waals surface area contributed by atoms with E-state index in [0.717, 1.165) is 22.8 Å². The largest absolute Gasteiger partial charge is 0.300 e. The highest BCUT2D eigenvalue weighted by Gasteiger charge is 2.23. The van der Waals surface area contributed by atoms with Crippen LogP contribution in [0, 0.1) is 0 Å². The lowest BCUT2D eigenvalue weighted by atomic mass is 10.1. The van der Waals surface area contributed by atoms with E-state index in [1.165, 1.54) is 16.8 Å². The zero-order valence-electron chi connectivity index (χ0n) is 8.89. The van der Waals surface area contributed by atoms with Crippen LogP contribution in [0.25, 0.3) is 16.9 Å². The molecule has 0 saturated heterocycles. The molecule has 0 aliphatic heterocycles. The van der Waals surface area contributed by atoms with Crippen LogP contribution in [0.2, 0.25) is 5.02 Å². The number of aromatic nitrogens is 3. The summed E-state index contributed by atoms with van der Waals surface area (Å²) in [6.07, 6.45) is 6.41. The molecule has 0 N–H and O–H groups in total. The molecule has 82 valence electrons. The van der Waals surface area contributed by atoms with Crippen molar-refractivity contribution in [2.45, 2.75) is 6.42 Å². The Labute approximate surface area is 103 Å². The SMILES string of the molecule is Clc1ccc2c(c1)Cc1c-2nc2cnccn12. The Morgan fingerprint density at radius 3 is 3.18 bits per heavy atom. The molecule has 1 aliphatic rings. The summed E-state index contributed by atoms with van der Waals surface area (Å²) in [5.41, 5.74) is 5.62. The van der Waals surface area contributed by atoms with E-state index in [9.17, 15) is 0 Å². The van der Waals surface area contributed by atoms with E-state index in [-0.39, 0.29) is 0 Å². The Hall–Kier alpha value is -1.87. The van der Waals surface area contributed by atoms with Crippen LogP contribution in [-0.4, -0.2) is 14.4 Å². The van der Waals surface area contributed by atoms with Crippen molar-refractivity contribution in [1.82, 2.24) is 14.4 Å². The molecule has 17 heavy (non-hydrogen) atoms. The van der Waals surface area contributed by atoms with Crippen molar-refractivity contribution in [1.29, 1.82) is 0 Å². The molecule has 0 bridgehead atoms. The van der Waals surface area contributed by atoms with Gasteiger partial charge in [0.25, 0.3) is 0 Å². The number of rotatable bonds is 0. The van der Waals surface area contributed by atoms with Gasteiger partial charge in [-0.05, 0) is 17.7 Å². The molecule has 1 aliphatic carbocycles. The number of hydrogen-bond donors (Lipinski definition) is 0. The topological polar surface area (TPSA) is 30.2 Å². The van der Waals surface area contributed by atoms with Crippen LogP contribution in [0.5, 0.6) is 0 Å². The van der Waals surface area contributed by atoms with Crippen molar-refractivity contribution >= 4 is 17.2 Å². The van der Waals surface area contributed by atoms with E-state index in [1.807, 2.05) is 24.4 Å². The van der Waals surface area contributed by atoms with Crippen LogP contribution >= 0.6 is 11.6 Å². The van der Waals surface area contributed by atoms with Gasteiger partial charge < -0.3 is 4.40 Å². The minimum Gasteiger partial charge on any atom is -0.300 e. The van der Waals surface area contributed by atoms with E-state index in [0.29, 0.717) is 0 Å². The lowest BCUT2D eigenvalue weighted by Crippen LogP contribution is -1.91. The number of nitrogens with zero attached hydrogens (tertiary/aromatic N) is 3. The molecule has 3 nitrogen and oxygen atoms in total. The standard InChI is InChI=1S/C13H8ClN3/c14-9-1-2-10-8(5-9)6-11-13(10)16-12-7-15-3-4-17(11)12/h1-5,7H,6H2. The first kappa shape index (κ1) is 9.19. The van der Waals surface area contributed by atoms with Gasteiger partial charge in [-0.1, -0.05) is 17.7 Å². The maximum atomic E-state index is 6.01. The highest BCUT2D eigenvalue weighted by molar-refractivity contribution is 6.30. The van der Waals surface area contributed by atoms with Gasteiger partial charge in [0.1, 0.15) is 0 Å². The van der Waals surface area contributed by atoms with E-state index in [4.69, 9.17) is 11.6 Å². The molecule has 4 rings (SSSR count). The molecule has 0 amide bonds. The first-order valence-electron chi connectivity index (χ1n) is 5.43. The van der Waals surface area contributed by atoms with Gasteiger partial charge >= 0.3 is 0 Å². The van der Waals surface area contributed by atoms with Gasteiger partial charge in [0.15, 0.2) is 5.65 Å². The van der Waals surface area contributed by atoms with Crippen LogP contribution in [0.15, 0.2) is 36.8 Å². The molecule has 0 radical (unpaired) electrons. The quantitative estimate of drug-likeness (QED) is 0.474. The third-order valence-electron chi connectivity index (χ3n) is 3.21. The van der Waals surface area contributed by atoms with Gasteiger partial charge in [-0.25, -0.2) is 4.98 Å². The number of benzene rings is 1. The first-order chi connectivity index (χ1) is 8.33. The average molecular weight is 242 g/mol. The predicted molar refractivity (Wildman–Crippen MR) is 66.2 cm³/mol. The molecule has 2 aromatic heterocycles. The Bertz CT molecular complexity index is 746. The van der Waals surface area contributed by atoms with Gasteiger partial charge in [0.2, 0.25) is 0 Å². The minimum atomic E-state index is 0.782. The molecule has 3 aromatic rings. The average Bonchev–Trinajstić information content (AvgIpc) is 2.84. The molecular weight excluding hydrogens is 234 g/mol. The summed E-state index contributed by atoms with van der Waals surface area (Å²) in [4.78, 5) is 8.71. The summed E-state index contributed by atoms with van der Waals surface area (Å²) in [5, 5.41) is 0.782. The van der Waals surface area contributed by atoms with Gasteiger partial charge in [-0.15, -0.1) is 0 Å². The second-order valence-electron chi connectivity index (χ2n) is 4.19. The smallest absolute Gasteiger partial charge is 0.156 e. The Morgan fingerprint density at radius 2 is 2.24 bits per heavy atom. The lowest BCUT2D eigenvalue weighted by Gasteiger charge is -1.99. The van der Waals surface area contributed by atoms with Crippen molar-refractivity contribution < 1.29 is 0 Å². The van der Waals surface area contributed by atoms with Crippen molar-refractivity contribution in [2.75, 3.05) is 0 Å². The third-order valence-corrected chi connectivity index (χ3v) is 3.44. The molecule has 0 unspecified atom stereocenters. The summed E-state index contributed by atoms with van der Waals surface area (Å²) in [6, 6.07) is 5.98. The predicted octanol–water partition coefficient (Wildman–Crippen LogP) is 2.95. The molecule has 0 spiro atoms. The Balaban J connectivity index is 2.06. The molecule has 2 heterocycles. The maximum Gasteiger partial charge on any atom is 0.156 e. The van der Waals surface area contributed by atoms with Gasteiger partial charge in [0.05, 0.1) is 17.6 Å². The summed E-state index contributed by atoms with van der Waals surface area (Å²) in [7, 11) is 0. The minimum absolute atomic E-state index is 0.782. The summed E-state index contributed by atoms with van der Waals surface area (Å²) < 4.78 is 2.09. The van der Waals surface area contributed by atoms with E-state index < -0.39 is 0 Å². The maximum absolute atomic E-state index is 6.01. The number of halogens is 1. The fraction of sp³-hybridized carbons (Fsp3) is 0.0769. The van der Waals surface area contributed by atoms with Crippen LogP contribution in [0.3, 0.4) is 0 Å². The molecule has 0 fully saturated rings. The fourth-order valence-corrected chi connectivity index (χ4v) is 2.66. The summed E-state index contributed by atoms with van der Waals surface area (Å²) in [5.74, 6) is 0. The molecule has 4 heteroatoms. The summed E-state index contributed by atoms with van der Waals surface area (Å²) in [6.45, 7) is 0. The first-order valence-corrected chi connectivity index (χ1v) is 5.80. The Kier molecular flexibility index (Phi) is 1.66. The second kappa shape index (κ2) is 3.08. The highest BCUT2D eigenvalue weighted by atomic mass is 35.5. The zero-order chi connectivity index (χ0) is 11.4. The number of hydrogen-bond acceptors (Lipinski definition) is 2. The molecule has 1 aromatic carbocycles. The highest BCUT2D eigenvalue weighted by Crippen LogP contribution is 2.37. The molecule has 0 atom stereocenters. The van der Waals surface area contributed by atoms with Gasteiger partial charge in [0, 0.05) is 29.4 Å². The van der Waals surface area contributed by atoms with Gasteiger partial charge in [-0.3, -0.25) is 4.98 Å². The van der Waals surface area contributed by atoms with E-state index in [1.54, 1.807) is 12.4 Å². The van der Waals surface area contributed by atoms with Crippen molar-refractivity contribution in [2.24, 2.45) is 0 Å². The van der Waals surface area contributed by atoms with Crippen molar-refractivity contribution in [3.8, 4) is 11.3 Å². The van der Waals surface area contributed by atoms with Crippen LogP contribution in [-0.2, 0) is 6.42 Å². The monoisotopic (exact) mass is 241 g/mol. The fourth-order valence-electron chi connectivity index (χ4n) is 2.46. The normalized spacial score (nSPS) is 12.8. The van der Waals surface area contributed by atoms with Gasteiger partial charge in [-0.2, -0.15) is 0 Å². The number of imidazole rings is 1. The van der Waals surface area contributed by atoms with E-state index in [2.05, 4.69) is 14.4 Å². The van der Waals surface area contributed by atoms with Crippen LogP contribution in [0.4, 0.5) is 0 Å². The summed E-state index contributed by atoms with van der Waals surface area (Å²) >= 11 is 6.01. The molecule has 0 saturated carbocycles. The van der Waals surface area contributed by atoms with E-state index >= 15 is 0 Å². The van der Waals surface area contributed by atoms with Crippen molar-refractivity contribution in [3.05, 3.63) is 53.1 Å². The second-order valence-corrected chi connectivity index (χ2v) is 4.63. The zero-order valence-corrected chi connectivity index (χ0v) is 9.65.